The van der Waals surface area contributed by atoms with Crippen LogP contribution in [0.4, 0.5) is 0 Å². The van der Waals surface area contributed by atoms with Gasteiger partial charge in [0.15, 0.2) is 0 Å². The largest absolute Gasteiger partial charge is 0.494 e. The highest BCUT2D eigenvalue weighted by atomic mass is 16.5. The zero-order valence-electron chi connectivity index (χ0n) is 16.7. The Bertz CT molecular complexity index is 715. The summed E-state index contributed by atoms with van der Waals surface area (Å²) in [7, 11) is 0. The molecular formula is C25H32O2. The quantitative estimate of drug-likeness (QED) is 0.482. The molecule has 1 aliphatic rings. The normalized spacial score (nSPS) is 19.9. The Labute approximate surface area is 164 Å². The molecule has 2 atom stereocenters. The van der Waals surface area contributed by atoms with E-state index in [-0.39, 0.29) is 5.92 Å². The van der Waals surface area contributed by atoms with E-state index in [1.165, 1.54) is 48.8 Å². The zero-order chi connectivity index (χ0) is 19.1. The Morgan fingerprint density at radius 2 is 1.56 bits per heavy atom. The fraction of sp³-hybridized carbons (Fsp3) is 0.480. The monoisotopic (exact) mass is 364 g/mol. The molecule has 1 fully saturated rings. The van der Waals surface area contributed by atoms with Crippen molar-refractivity contribution in [2.75, 3.05) is 6.61 Å². The SMILES string of the molecule is CCCCC[C@@H]1CC[C@@H](c2ccc(-c3ccc(OCC)cc3)cc2)C(=O)C1. The lowest BCUT2D eigenvalue weighted by Gasteiger charge is -2.27. The van der Waals surface area contributed by atoms with Gasteiger partial charge in [-0.1, -0.05) is 69.0 Å². The van der Waals surface area contributed by atoms with Gasteiger partial charge in [-0.15, -0.1) is 0 Å². The number of carbonyl (C=O) groups is 1. The maximum atomic E-state index is 12.7. The summed E-state index contributed by atoms with van der Waals surface area (Å²) in [6.45, 7) is 4.91. The number of Topliss-reactive ketones (excluding diaryl/α,β-unsaturated/α-hetero) is 1. The van der Waals surface area contributed by atoms with E-state index < -0.39 is 0 Å². The second-order valence-electron chi connectivity index (χ2n) is 7.74. The van der Waals surface area contributed by atoms with Gasteiger partial charge in [0, 0.05) is 12.3 Å². The Hall–Kier alpha value is -2.09. The van der Waals surface area contributed by atoms with Crippen molar-refractivity contribution in [1.82, 2.24) is 0 Å². The van der Waals surface area contributed by atoms with Gasteiger partial charge >= 0.3 is 0 Å². The Balaban J connectivity index is 1.61. The Morgan fingerprint density at radius 3 is 2.15 bits per heavy atom. The molecule has 0 unspecified atom stereocenters. The topological polar surface area (TPSA) is 26.3 Å². The van der Waals surface area contributed by atoms with Crippen LogP contribution < -0.4 is 4.74 Å². The molecule has 0 aliphatic heterocycles. The summed E-state index contributed by atoms with van der Waals surface area (Å²) >= 11 is 0. The number of hydrogen-bond donors (Lipinski definition) is 0. The van der Waals surface area contributed by atoms with E-state index >= 15 is 0 Å². The van der Waals surface area contributed by atoms with E-state index in [0.717, 1.165) is 18.6 Å². The van der Waals surface area contributed by atoms with Crippen molar-refractivity contribution in [1.29, 1.82) is 0 Å². The van der Waals surface area contributed by atoms with Gasteiger partial charge in [-0.3, -0.25) is 4.79 Å². The van der Waals surface area contributed by atoms with Crippen LogP contribution in [0.2, 0.25) is 0 Å². The van der Waals surface area contributed by atoms with Crippen LogP contribution in [-0.4, -0.2) is 12.4 Å². The standard InChI is InChI=1S/C25H32O2/c1-3-5-6-7-19-8-17-24(25(26)18-19)22-11-9-20(10-12-22)21-13-15-23(16-14-21)27-4-2/h9-16,19,24H,3-8,17-18H2,1-2H3/t19-,24+/m1/s1. The molecule has 1 saturated carbocycles. The summed E-state index contributed by atoms with van der Waals surface area (Å²) < 4.78 is 5.51. The highest BCUT2D eigenvalue weighted by Gasteiger charge is 2.29. The van der Waals surface area contributed by atoms with Crippen LogP contribution in [0, 0.1) is 5.92 Å². The van der Waals surface area contributed by atoms with E-state index in [1.807, 2.05) is 19.1 Å². The summed E-state index contributed by atoms with van der Waals surface area (Å²) in [5.41, 5.74) is 3.54. The first-order valence-electron chi connectivity index (χ1n) is 10.6. The molecule has 0 bridgehead atoms. The molecule has 0 heterocycles. The van der Waals surface area contributed by atoms with Crippen LogP contribution in [0.1, 0.15) is 70.3 Å². The minimum Gasteiger partial charge on any atom is -0.494 e. The molecule has 2 aromatic rings. The Kier molecular flexibility index (Phi) is 7.09. The number of carbonyl (C=O) groups excluding carboxylic acids is 1. The van der Waals surface area contributed by atoms with Gasteiger partial charge in [0.05, 0.1) is 6.61 Å². The van der Waals surface area contributed by atoms with Gasteiger partial charge in [0.1, 0.15) is 11.5 Å². The van der Waals surface area contributed by atoms with Crippen molar-refractivity contribution in [3.8, 4) is 16.9 Å². The van der Waals surface area contributed by atoms with E-state index in [1.54, 1.807) is 0 Å². The summed E-state index contributed by atoms with van der Waals surface area (Å²) in [6.07, 6.45) is 8.03. The summed E-state index contributed by atoms with van der Waals surface area (Å²) in [4.78, 5) is 12.7. The third-order valence-electron chi connectivity index (χ3n) is 5.77. The molecule has 3 rings (SSSR count). The Morgan fingerprint density at radius 1 is 0.889 bits per heavy atom. The fourth-order valence-corrected chi connectivity index (χ4v) is 4.19. The van der Waals surface area contributed by atoms with Crippen molar-refractivity contribution in [2.24, 2.45) is 5.92 Å². The predicted molar refractivity (Wildman–Crippen MR) is 112 cm³/mol. The second-order valence-corrected chi connectivity index (χ2v) is 7.74. The van der Waals surface area contributed by atoms with Gasteiger partial charge in [0.2, 0.25) is 0 Å². The maximum Gasteiger partial charge on any atom is 0.140 e. The minimum atomic E-state index is 0.0989. The van der Waals surface area contributed by atoms with Crippen LogP contribution >= 0.6 is 0 Å². The molecule has 2 nitrogen and oxygen atoms in total. The molecule has 0 saturated heterocycles. The molecule has 0 aromatic heterocycles. The van der Waals surface area contributed by atoms with Crippen molar-refractivity contribution < 1.29 is 9.53 Å². The number of ether oxygens (including phenoxy) is 1. The molecule has 0 radical (unpaired) electrons. The van der Waals surface area contributed by atoms with E-state index in [9.17, 15) is 4.79 Å². The molecule has 0 spiro atoms. The smallest absolute Gasteiger partial charge is 0.140 e. The first-order valence-corrected chi connectivity index (χ1v) is 10.6. The summed E-state index contributed by atoms with van der Waals surface area (Å²) in [5, 5.41) is 0. The fourth-order valence-electron chi connectivity index (χ4n) is 4.19. The molecule has 0 amide bonds. The van der Waals surface area contributed by atoms with Crippen LogP contribution in [-0.2, 0) is 4.79 Å². The highest BCUT2D eigenvalue weighted by Crippen LogP contribution is 2.36. The van der Waals surface area contributed by atoms with Crippen LogP contribution in [0.3, 0.4) is 0 Å². The predicted octanol–water partition coefficient (Wildman–Crippen LogP) is 6.79. The third-order valence-corrected chi connectivity index (χ3v) is 5.77. The molecule has 27 heavy (non-hydrogen) atoms. The number of benzene rings is 2. The third kappa shape index (κ3) is 5.22. The number of ketones is 1. The first-order chi connectivity index (χ1) is 13.2. The molecular weight excluding hydrogens is 332 g/mol. The average molecular weight is 365 g/mol. The summed E-state index contributed by atoms with van der Waals surface area (Å²) in [6, 6.07) is 16.8. The van der Waals surface area contributed by atoms with Gasteiger partial charge in [0.25, 0.3) is 0 Å². The van der Waals surface area contributed by atoms with Crippen molar-refractivity contribution in [2.45, 2.75) is 64.7 Å². The first kappa shape index (κ1) is 19.7. The zero-order valence-corrected chi connectivity index (χ0v) is 16.7. The minimum absolute atomic E-state index is 0.0989. The average Bonchev–Trinajstić information content (AvgIpc) is 2.69. The maximum absolute atomic E-state index is 12.7. The van der Waals surface area contributed by atoms with Gasteiger partial charge in [-0.25, -0.2) is 0 Å². The highest BCUT2D eigenvalue weighted by molar-refractivity contribution is 5.86. The molecule has 144 valence electrons. The molecule has 2 heteroatoms. The van der Waals surface area contributed by atoms with E-state index in [2.05, 4.69) is 43.3 Å². The number of rotatable bonds is 8. The van der Waals surface area contributed by atoms with Crippen LogP contribution in [0.25, 0.3) is 11.1 Å². The van der Waals surface area contributed by atoms with Crippen molar-refractivity contribution >= 4 is 5.78 Å². The lowest BCUT2D eigenvalue weighted by Crippen LogP contribution is -2.23. The van der Waals surface area contributed by atoms with E-state index in [4.69, 9.17) is 4.74 Å². The van der Waals surface area contributed by atoms with Gasteiger partial charge in [-0.2, -0.15) is 0 Å². The van der Waals surface area contributed by atoms with Gasteiger partial charge in [-0.05, 0) is 54.5 Å². The molecule has 1 aliphatic carbocycles. The number of hydrogen-bond acceptors (Lipinski definition) is 2. The van der Waals surface area contributed by atoms with Crippen molar-refractivity contribution in [3.05, 3.63) is 54.1 Å². The van der Waals surface area contributed by atoms with Gasteiger partial charge < -0.3 is 4.74 Å². The lowest BCUT2D eigenvalue weighted by atomic mass is 9.76. The molecule has 0 N–H and O–H groups in total. The second kappa shape index (κ2) is 9.73. The summed E-state index contributed by atoms with van der Waals surface area (Å²) in [5.74, 6) is 2.06. The lowest BCUT2D eigenvalue weighted by molar-refractivity contribution is -0.123. The molecule has 2 aromatic carbocycles. The van der Waals surface area contributed by atoms with Crippen molar-refractivity contribution in [3.63, 3.8) is 0 Å². The van der Waals surface area contributed by atoms with Crippen LogP contribution in [0.5, 0.6) is 5.75 Å². The number of unbranched alkanes of at least 4 members (excludes halogenated alkanes) is 2. The van der Waals surface area contributed by atoms with E-state index in [0.29, 0.717) is 18.3 Å². The van der Waals surface area contributed by atoms with Crippen LogP contribution in [0.15, 0.2) is 48.5 Å².